The van der Waals surface area contributed by atoms with Gasteiger partial charge >= 0.3 is 48.8 Å². The largest absolute Gasteiger partial charge is 0.510 e. The third-order valence-electron chi connectivity index (χ3n) is 13.3. The number of ether oxygens (including phenoxy) is 6. The molecule has 0 saturated heterocycles. The number of rotatable bonds is 14. The van der Waals surface area contributed by atoms with E-state index in [0.29, 0.717) is 32.1 Å². The lowest BCUT2D eigenvalue weighted by Gasteiger charge is -2.39. The average molecular weight is 1020 g/mol. The van der Waals surface area contributed by atoms with Crippen molar-refractivity contribution in [3.63, 3.8) is 0 Å². The summed E-state index contributed by atoms with van der Waals surface area (Å²) in [6.45, 7) is 3.30. The fourth-order valence-corrected chi connectivity index (χ4v) is 10.1. The summed E-state index contributed by atoms with van der Waals surface area (Å²) in [5.74, 6) is -2.90. The number of carbonyl (C=O) groups is 1. The van der Waals surface area contributed by atoms with Crippen LogP contribution >= 0.6 is 0 Å². The van der Waals surface area contributed by atoms with Gasteiger partial charge in [-0.25, -0.2) is 4.79 Å². The molecule has 0 spiro atoms. The summed E-state index contributed by atoms with van der Waals surface area (Å²) < 4.78 is 265. The van der Waals surface area contributed by atoms with Crippen LogP contribution in [-0.2, 0) is 28.4 Å². The molecule has 6 bridgehead atoms. The maximum atomic E-state index is 13.5. The van der Waals surface area contributed by atoms with E-state index in [4.69, 9.17) is 0 Å². The highest BCUT2D eigenvalue weighted by Gasteiger charge is 2.76. The molecule has 6 aliphatic rings. The molecular weight excluding hydrogens is 970 g/mol. The SMILES string of the molecule is CC(C)(C)OC(=O)OC(CC1CC2C=CC1C2)(C(F)(F)F)C(F)(F)F.CCOCOC(CC1CC2C=CC1C2)(C(F)(F)F)C(F)(F)F.COCOC(CC1CC2C=CC1C2)(C(F)(F)F)C(F)(F)F. The lowest BCUT2D eigenvalue weighted by Crippen LogP contribution is -2.61. The Bertz CT molecular complexity index is 1710. The standard InChI is InChI=1S/C16H20F6O3.C14H18F6O2.C13H16F6O2/c1-13(2,3)24-12(23)25-14(15(17,18)19,16(20,21)22)8-11-7-9-4-5-10(11)6-9;1-2-21-8-22-12(13(15,16)17,14(18,19)20)7-11-6-9-3-4-10(11)5-9;1-20-7-21-11(12(14,15)16,13(17,18)19)6-10-5-8-2-3-9(10)4-8/h4-5,9-11H,6-8H2,1-3H3;3-4,9-11H,2,5-8H2,1H3;2-3,8-10H,4-7H2,1H3. The number of carbonyl (C=O) groups excluding carboxylic acids is 1. The third kappa shape index (κ3) is 12.7. The van der Waals surface area contributed by atoms with Crippen molar-refractivity contribution in [1.29, 1.82) is 0 Å². The Morgan fingerprint density at radius 1 is 0.456 bits per heavy atom. The average Bonchev–Trinajstić information content (AvgIpc) is 4.03. The van der Waals surface area contributed by atoms with Gasteiger partial charge in [0.05, 0.1) is 0 Å². The molecule has 0 amide bonds. The minimum Gasteiger partial charge on any atom is -0.429 e. The number of alkyl halides is 18. The normalized spacial score (nSPS) is 28.2. The van der Waals surface area contributed by atoms with Crippen molar-refractivity contribution in [3.05, 3.63) is 36.5 Å². The molecule has 394 valence electrons. The van der Waals surface area contributed by atoms with Crippen molar-refractivity contribution in [2.45, 2.75) is 145 Å². The highest BCUT2D eigenvalue weighted by molar-refractivity contribution is 5.61. The first kappa shape index (κ1) is 57.6. The minimum atomic E-state index is -5.81. The van der Waals surface area contributed by atoms with Crippen molar-refractivity contribution in [1.82, 2.24) is 0 Å². The van der Waals surface area contributed by atoms with E-state index < -0.39 is 116 Å². The molecule has 3 saturated carbocycles. The molecule has 9 unspecified atom stereocenters. The van der Waals surface area contributed by atoms with Crippen LogP contribution in [-0.4, -0.2) is 92.9 Å². The smallest absolute Gasteiger partial charge is 0.429 e. The third-order valence-corrected chi connectivity index (χ3v) is 13.3. The Morgan fingerprint density at radius 3 is 1.00 bits per heavy atom. The van der Waals surface area contributed by atoms with Gasteiger partial charge in [0, 0.05) is 20.1 Å². The summed E-state index contributed by atoms with van der Waals surface area (Å²) in [6, 6.07) is 0. The fourth-order valence-electron chi connectivity index (χ4n) is 10.1. The maximum absolute atomic E-state index is 13.5. The molecule has 0 aromatic heterocycles. The van der Waals surface area contributed by atoms with E-state index in [0.717, 1.165) is 7.11 Å². The molecule has 7 nitrogen and oxygen atoms in total. The summed E-state index contributed by atoms with van der Waals surface area (Å²) >= 11 is 0. The van der Waals surface area contributed by atoms with Crippen LogP contribution in [0.5, 0.6) is 0 Å². The molecule has 6 aliphatic carbocycles. The molecule has 0 aromatic carbocycles. The molecule has 0 N–H and O–H groups in total. The zero-order valence-corrected chi connectivity index (χ0v) is 37.3. The van der Waals surface area contributed by atoms with Crippen LogP contribution in [0, 0.1) is 53.3 Å². The maximum Gasteiger partial charge on any atom is 0.510 e. The molecular formula is C43H54F18O7. The van der Waals surface area contributed by atoms with Gasteiger partial charge in [0.15, 0.2) is 0 Å². The topological polar surface area (TPSA) is 72.5 Å². The van der Waals surface area contributed by atoms with E-state index in [9.17, 15) is 83.8 Å². The number of allylic oxidation sites excluding steroid dienone is 6. The first-order chi connectivity index (χ1) is 30.9. The van der Waals surface area contributed by atoms with Crippen LogP contribution in [0.25, 0.3) is 0 Å². The van der Waals surface area contributed by atoms with E-state index in [1.54, 1.807) is 24.3 Å². The number of methoxy groups -OCH3 is 1. The molecule has 68 heavy (non-hydrogen) atoms. The summed E-state index contributed by atoms with van der Waals surface area (Å²) in [5, 5.41) is 0. The summed E-state index contributed by atoms with van der Waals surface area (Å²) in [4.78, 5) is 11.6. The van der Waals surface area contributed by atoms with Gasteiger partial charge in [-0.2, -0.15) is 79.0 Å². The highest BCUT2D eigenvalue weighted by Crippen LogP contribution is 2.58. The van der Waals surface area contributed by atoms with Crippen LogP contribution in [0.15, 0.2) is 36.5 Å². The Hall–Kier alpha value is -2.93. The lowest BCUT2D eigenvalue weighted by atomic mass is 9.81. The van der Waals surface area contributed by atoms with E-state index in [-0.39, 0.29) is 48.5 Å². The Labute approximate surface area is 380 Å². The summed E-state index contributed by atoms with van der Waals surface area (Å²) in [6.07, 6.45) is -26.1. The predicted octanol–water partition coefficient (Wildman–Crippen LogP) is 13.9. The van der Waals surface area contributed by atoms with E-state index in [1.165, 1.54) is 27.7 Å². The van der Waals surface area contributed by atoms with E-state index in [1.807, 2.05) is 12.2 Å². The number of hydrogen-bond acceptors (Lipinski definition) is 7. The van der Waals surface area contributed by atoms with Crippen molar-refractivity contribution in [2.24, 2.45) is 53.3 Å². The Balaban J connectivity index is 0.000000223. The molecule has 25 heteroatoms. The fraction of sp³-hybridized carbons (Fsp3) is 0.837. The van der Waals surface area contributed by atoms with Crippen molar-refractivity contribution in [2.75, 3.05) is 27.3 Å². The van der Waals surface area contributed by atoms with Crippen LogP contribution in [0.1, 0.15) is 85.5 Å². The molecule has 0 heterocycles. The highest BCUT2D eigenvalue weighted by atomic mass is 19.4. The Morgan fingerprint density at radius 2 is 0.765 bits per heavy atom. The second-order valence-electron chi connectivity index (χ2n) is 19.1. The van der Waals surface area contributed by atoms with Gasteiger partial charge in [0.25, 0.3) is 11.2 Å². The van der Waals surface area contributed by atoms with Gasteiger partial charge in [0.1, 0.15) is 19.2 Å². The molecule has 9 atom stereocenters. The van der Waals surface area contributed by atoms with E-state index >= 15 is 0 Å². The zero-order chi connectivity index (χ0) is 51.7. The van der Waals surface area contributed by atoms with Crippen molar-refractivity contribution < 1.29 is 112 Å². The molecule has 0 aliphatic heterocycles. The summed E-state index contributed by atoms with van der Waals surface area (Å²) in [5.41, 5.74) is -14.2. The van der Waals surface area contributed by atoms with Crippen molar-refractivity contribution >= 4 is 6.16 Å². The quantitative estimate of drug-likeness (QED) is 0.0564. The van der Waals surface area contributed by atoms with Gasteiger partial charge in [-0.1, -0.05) is 36.5 Å². The second-order valence-corrected chi connectivity index (χ2v) is 19.1. The van der Waals surface area contributed by atoms with Crippen LogP contribution in [0.4, 0.5) is 83.8 Å². The predicted molar refractivity (Wildman–Crippen MR) is 203 cm³/mol. The van der Waals surface area contributed by atoms with Gasteiger partial charge in [-0.15, -0.1) is 0 Å². The first-order valence-electron chi connectivity index (χ1n) is 21.6. The zero-order valence-electron chi connectivity index (χ0n) is 37.3. The van der Waals surface area contributed by atoms with Gasteiger partial charge in [-0.05, 0) is 132 Å². The first-order valence-corrected chi connectivity index (χ1v) is 21.6. The van der Waals surface area contributed by atoms with Gasteiger partial charge < -0.3 is 28.4 Å². The summed E-state index contributed by atoms with van der Waals surface area (Å²) in [7, 11) is 0.984. The molecule has 3 fully saturated rings. The number of hydrogen-bond donors (Lipinski definition) is 0. The molecule has 0 radical (unpaired) electrons. The number of fused-ring (bicyclic) bond motifs is 6. The monoisotopic (exact) mass is 1020 g/mol. The van der Waals surface area contributed by atoms with Gasteiger partial charge in [-0.3, -0.25) is 0 Å². The molecule has 0 aromatic rings. The van der Waals surface area contributed by atoms with Crippen LogP contribution in [0.3, 0.4) is 0 Å². The Kier molecular flexibility index (Phi) is 17.5. The van der Waals surface area contributed by atoms with Gasteiger partial charge in [0.2, 0.25) is 0 Å². The van der Waals surface area contributed by atoms with E-state index in [2.05, 4.69) is 28.4 Å². The lowest BCUT2D eigenvalue weighted by molar-refractivity contribution is -0.398. The van der Waals surface area contributed by atoms with Crippen LogP contribution < -0.4 is 0 Å². The van der Waals surface area contributed by atoms with Crippen LogP contribution in [0.2, 0.25) is 0 Å². The minimum absolute atomic E-state index is 0.0179. The van der Waals surface area contributed by atoms with Crippen molar-refractivity contribution in [3.8, 4) is 0 Å². The second kappa shape index (κ2) is 20.7. The number of halogens is 18. The molecule has 6 rings (SSSR count).